The second kappa shape index (κ2) is 15.6. The first-order valence-corrected chi connectivity index (χ1v) is 12.9. The van der Waals surface area contributed by atoms with E-state index in [2.05, 4.69) is 16.0 Å². The first-order chi connectivity index (χ1) is 19.2. The van der Waals surface area contributed by atoms with Gasteiger partial charge in [0, 0.05) is 26.7 Å². The van der Waals surface area contributed by atoms with E-state index in [4.69, 9.17) is 14.2 Å². The third-order valence-electron chi connectivity index (χ3n) is 6.71. The Hall–Kier alpha value is -2.61. The Morgan fingerprint density at radius 2 is 1.27 bits per heavy atom. The van der Waals surface area contributed by atoms with Crippen molar-refractivity contribution in [2.45, 2.75) is 101 Å². The highest BCUT2D eigenvalue weighted by Gasteiger charge is 2.46. The average molecular weight is 594 g/mol. The van der Waals surface area contributed by atoms with Crippen LogP contribution in [0.15, 0.2) is 0 Å². The molecule has 2 fully saturated rings. The summed E-state index contributed by atoms with van der Waals surface area (Å²) in [5.41, 5.74) is 0. The van der Waals surface area contributed by atoms with Crippen molar-refractivity contribution < 1.29 is 68.8 Å². The second-order valence-electron chi connectivity index (χ2n) is 10.0. The van der Waals surface area contributed by atoms with Gasteiger partial charge in [-0.2, -0.15) is 0 Å². The zero-order valence-corrected chi connectivity index (χ0v) is 22.8. The predicted octanol–water partition coefficient (Wildman–Crippen LogP) is -5.64. The van der Waals surface area contributed by atoms with E-state index in [1.54, 1.807) is 0 Å². The van der Waals surface area contributed by atoms with E-state index in [9.17, 15) is 54.6 Å². The third-order valence-corrected chi connectivity index (χ3v) is 6.71. The van der Waals surface area contributed by atoms with Crippen LogP contribution in [0.3, 0.4) is 0 Å². The van der Waals surface area contributed by atoms with Crippen LogP contribution in [0, 0.1) is 0 Å². The maximum absolute atomic E-state index is 12.8. The molecule has 0 aliphatic carbocycles. The van der Waals surface area contributed by atoms with Crippen LogP contribution in [0.2, 0.25) is 0 Å². The number of hydrogen-bond donors (Lipinski definition) is 9. The summed E-state index contributed by atoms with van der Waals surface area (Å²) in [5, 5.41) is 66.7. The van der Waals surface area contributed by atoms with Gasteiger partial charge in [0.15, 0.2) is 12.1 Å². The Kier molecular flexibility index (Phi) is 13.1. The van der Waals surface area contributed by atoms with Gasteiger partial charge in [0.2, 0.25) is 17.7 Å². The molecule has 11 atom stereocenters. The molecule has 234 valence electrons. The van der Waals surface area contributed by atoms with Crippen LogP contribution < -0.4 is 16.0 Å². The highest BCUT2D eigenvalue weighted by Crippen LogP contribution is 2.25. The van der Waals surface area contributed by atoms with Crippen LogP contribution in [0.1, 0.15) is 33.6 Å². The van der Waals surface area contributed by atoms with E-state index in [-0.39, 0.29) is 0 Å². The summed E-state index contributed by atoms with van der Waals surface area (Å²) in [6.07, 6.45) is -12.4. The lowest BCUT2D eigenvalue weighted by atomic mass is 9.89. The molecule has 0 aromatic rings. The lowest BCUT2D eigenvalue weighted by Crippen LogP contribution is -2.64. The fourth-order valence-corrected chi connectivity index (χ4v) is 4.62. The van der Waals surface area contributed by atoms with E-state index >= 15 is 0 Å². The number of aliphatic hydroxyl groups is 6. The Morgan fingerprint density at radius 1 is 0.756 bits per heavy atom. The third kappa shape index (κ3) is 9.45. The summed E-state index contributed by atoms with van der Waals surface area (Å²) in [6.45, 7) is 1.28. The number of aliphatic hydroxyl groups excluding tert-OH is 6. The lowest BCUT2D eigenvalue weighted by molar-refractivity contribution is -0.268. The van der Waals surface area contributed by atoms with Crippen LogP contribution in [-0.2, 0) is 38.2 Å². The molecule has 3 amide bonds. The Morgan fingerprint density at radius 3 is 1.78 bits per heavy atom. The molecule has 2 aliphatic heterocycles. The SMILES string of the molecule is CC(=O)NC1C(CC(=O)C[C@H](NC(=O)COC2OC(CO)C(O)C(O)C2NC(C)=O)C(C)=O)OC(CO)C(O)C1O. The predicted molar refractivity (Wildman–Crippen MR) is 134 cm³/mol. The number of carbonyl (C=O) groups is 5. The van der Waals surface area contributed by atoms with E-state index in [1.165, 1.54) is 0 Å². The molecule has 0 saturated carbocycles. The molecule has 17 nitrogen and oxygen atoms in total. The van der Waals surface area contributed by atoms with Crippen molar-refractivity contribution in [2.24, 2.45) is 0 Å². The van der Waals surface area contributed by atoms with E-state index in [0.29, 0.717) is 0 Å². The number of Topliss-reactive ketones (excluding diaryl/α,β-unsaturated/α-hetero) is 2. The average Bonchev–Trinajstić information content (AvgIpc) is 2.89. The molecule has 2 heterocycles. The fourth-order valence-electron chi connectivity index (χ4n) is 4.62. The van der Waals surface area contributed by atoms with Crippen LogP contribution in [0.4, 0.5) is 0 Å². The van der Waals surface area contributed by atoms with Gasteiger partial charge in [0.1, 0.15) is 55.1 Å². The number of hydrogen-bond acceptors (Lipinski definition) is 14. The summed E-state index contributed by atoms with van der Waals surface area (Å²) in [4.78, 5) is 60.7. The smallest absolute Gasteiger partial charge is 0.246 e. The van der Waals surface area contributed by atoms with Crippen LogP contribution in [-0.4, -0.2) is 147 Å². The number of rotatable bonds is 13. The van der Waals surface area contributed by atoms with Crippen LogP contribution in [0.5, 0.6) is 0 Å². The summed E-state index contributed by atoms with van der Waals surface area (Å²) < 4.78 is 16.2. The largest absolute Gasteiger partial charge is 0.394 e. The van der Waals surface area contributed by atoms with Gasteiger partial charge in [-0.3, -0.25) is 24.0 Å². The minimum Gasteiger partial charge on any atom is -0.394 e. The van der Waals surface area contributed by atoms with Gasteiger partial charge in [0.25, 0.3) is 0 Å². The number of ketones is 2. The molecule has 0 aromatic carbocycles. The number of amides is 3. The second-order valence-corrected chi connectivity index (χ2v) is 10.0. The number of ether oxygens (including phenoxy) is 3. The maximum atomic E-state index is 12.8. The Labute approximate surface area is 235 Å². The molecule has 2 aliphatic rings. The van der Waals surface area contributed by atoms with Crippen molar-refractivity contribution in [1.29, 1.82) is 0 Å². The van der Waals surface area contributed by atoms with Crippen molar-refractivity contribution in [3.8, 4) is 0 Å². The van der Waals surface area contributed by atoms with Gasteiger partial charge < -0.3 is 60.8 Å². The Balaban J connectivity index is 2.02. The van der Waals surface area contributed by atoms with Crippen molar-refractivity contribution in [2.75, 3.05) is 19.8 Å². The van der Waals surface area contributed by atoms with Crippen molar-refractivity contribution >= 4 is 29.3 Å². The summed E-state index contributed by atoms with van der Waals surface area (Å²) >= 11 is 0. The first-order valence-electron chi connectivity index (χ1n) is 12.9. The molecule has 0 bridgehead atoms. The van der Waals surface area contributed by atoms with Gasteiger partial charge in [-0.1, -0.05) is 0 Å². The molecule has 41 heavy (non-hydrogen) atoms. The van der Waals surface area contributed by atoms with Gasteiger partial charge in [-0.15, -0.1) is 0 Å². The minimum atomic E-state index is -1.60. The summed E-state index contributed by atoms with van der Waals surface area (Å²) in [5.74, 6) is -3.27. The quantitative estimate of drug-likeness (QED) is 0.0963. The van der Waals surface area contributed by atoms with Crippen molar-refractivity contribution in [3.05, 3.63) is 0 Å². The van der Waals surface area contributed by atoms with Gasteiger partial charge >= 0.3 is 0 Å². The zero-order valence-electron chi connectivity index (χ0n) is 22.8. The van der Waals surface area contributed by atoms with Crippen molar-refractivity contribution in [3.63, 3.8) is 0 Å². The van der Waals surface area contributed by atoms with Crippen LogP contribution >= 0.6 is 0 Å². The van der Waals surface area contributed by atoms with E-state index in [0.717, 1.165) is 20.8 Å². The van der Waals surface area contributed by atoms with E-state index < -0.39 is 129 Å². The van der Waals surface area contributed by atoms with Crippen molar-refractivity contribution in [1.82, 2.24) is 16.0 Å². The zero-order chi connectivity index (χ0) is 31.0. The highest BCUT2D eigenvalue weighted by atomic mass is 16.7. The number of nitrogens with one attached hydrogen (secondary N) is 3. The molecule has 2 saturated heterocycles. The summed E-state index contributed by atoms with van der Waals surface area (Å²) in [6, 6.07) is -3.81. The maximum Gasteiger partial charge on any atom is 0.246 e. The monoisotopic (exact) mass is 593 g/mol. The van der Waals surface area contributed by atoms with Gasteiger partial charge in [0.05, 0.1) is 31.4 Å². The number of carbonyl (C=O) groups excluding carboxylic acids is 5. The normalized spacial score (nSPS) is 34.3. The molecular weight excluding hydrogens is 554 g/mol. The van der Waals surface area contributed by atoms with Gasteiger partial charge in [-0.05, 0) is 6.92 Å². The van der Waals surface area contributed by atoms with Crippen LogP contribution in [0.25, 0.3) is 0 Å². The standard InChI is InChI=1S/C24H39N3O14/c1-9(30)13(4-12(33)5-14-18(25-10(2)31)22(37)20(35)15(6-28)40-14)27-17(34)8-39-24-19(26-11(3)32)23(38)21(36)16(7-29)41-24/h13-16,18-24,28-29,35-38H,4-8H2,1-3H3,(H,25,31)(H,26,32)(H,27,34)/t13-,14?,15?,16?,18?,19?,20?,21?,22?,23?,24?/m0/s1. The molecule has 0 aromatic heterocycles. The molecule has 0 radical (unpaired) electrons. The molecular formula is C24H39N3O14. The first kappa shape index (κ1) is 34.6. The molecule has 10 unspecified atom stereocenters. The summed E-state index contributed by atoms with van der Waals surface area (Å²) in [7, 11) is 0. The molecule has 0 spiro atoms. The molecule has 2 rings (SSSR count). The Bertz CT molecular complexity index is 951. The highest BCUT2D eigenvalue weighted by molar-refractivity contribution is 5.92. The topological polar surface area (TPSA) is 271 Å². The fraction of sp³-hybridized carbons (Fsp3) is 0.792. The molecule has 17 heteroatoms. The minimum absolute atomic E-state index is 0.446. The van der Waals surface area contributed by atoms with E-state index in [1.807, 2.05) is 0 Å². The van der Waals surface area contributed by atoms with Gasteiger partial charge in [-0.25, -0.2) is 0 Å². The molecule has 9 N–H and O–H groups in total. The lowest BCUT2D eigenvalue weighted by Gasteiger charge is -2.42.